The molecule has 1 amide bonds. The molecule has 0 aliphatic heterocycles. The highest BCUT2D eigenvalue weighted by atomic mass is 79.9. The zero-order valence-corrected chi connectivity index (χ0v) is 13.1. The Labute approximate surface area is 131 Å². The van der Waals surface area contributed by atoms with E-state index in [9.17, 15) is 4.79 Å². The second-order valence-electron chi connectivity index (χ2n) is 5.21. The molecule has 0 atom stereocenters. The second kappa shape index (κ2) is 6.30. The summed E-state index contributed by atoms with van der Waals surface area (Å²) in [6, 6.07) is 8.46. The van der Waals surface area contributed by atoms with E-state index in [0.717, 1.165) is 23.0 Å². The van der Waals surface area contributed by atoms with Crippen molar-refractivity contribution in [3.05, 3.63) is 46.7 Å². The number of rotatable bonds is 6. The Kier molecular flexibility index (Phi) is 4.24. The summed E-state index contributed by atoms with van der Waals surface area (Å²) >= 11 is 3.52. The maximum Gasteiger partial charge on any atom is 0.241 e. The predicted molar refractivity (Wildman–Crippen MR) is 84.9 cm³/mol. The fourth-order valence-electron chi connectivity index (χ4n) is 2.03. The first-order chi connectivity index (χ1) is 10.2. The molecule has 0 radical (unpaired) electrons. The van der Waals surface area contributed by atoms with Crippen LogP contribution in [0.4, 0.5) is 5.69 Å². The topological polar surface area (TPSA) is 59.0 Å². The Balaban J connectivity index is 1.52. The van der Waals surface area contributed by atoms with Gasteiger partial charge in [0, 0.05) is 23.3 Å². The minimum absolute atomic E-state index is 0.0259. The Morgan fingerprint density at radius 1 is 1.38 bits per heavy atom. The lowest BCUT2D eigenvalue weighted by atomic mass is 10.2. The van der Waals surface area contributed by atoms with Crippen molar-refractivity contribution in [2.24, 2.45) is 0 Å². The molecule has 0 spiro atoms. The van der Waals surface area contributed by atoms with Crippen LogP contribution in [0.5, 0.6) is 0 Å². The van der Waals surface area contributed by atoms with E-state index >= 15 is 0 Å². The standard InChI is InChI=1S/C15H17BrN4O/c16-14-4-2-1-3-11(14)7-17-13-8-18-20(9-13)10-15(21)19-12-5-6-12/h1-4,8-9,12,17H,5-7,10H2,(H,19,21). The van der Waals surface area contributed by atoms with Crippen LogP contribution in [0.3, 0.4) is 0 Å². The van der Waals surface area contributed by atoms with E-state index in [1.807, 2.05) is 24.4 Å². The van der Waals surface area contributed by atoms with E-state index in [4.69, 9.17) is 0 Å². The van der Waals surface area contributed by atoms with E-state index in [2.05, 4.69) is 37.7 Å². The highest BCUT2D eigenvalue weighted by molar-refractivity contribution is 9.10. The molecule has 1 aromatic carbocycles. The number of halogens is 1. The molecule has 1 aliphatic carbocycles. The molecule has 1 aromatic heterocycles. The molecule has 6 heteroatoms. The van der Waals surface area contributed by atoms with Crippen molar-refractivity contribution in [3.63, 3.8) is 0 Å². The van der Waals surface area contributed by atoms with Crippen LogP contribution in [0, 0.1) is 0 Å². The minimum Gasteiger partial charge on any atom is -0.378 e. The van der Waals surface area contributed by atoms with E-state index in [0.29, 0.717) is 12.6 Å². The van der Waals surface area contributed by atoms with Crippen molar-refractivity contribution in [3.8, 4) is 0 Å². The van der Waals surface area contributed by atoms with Gasteiger partial charge in [0.05, 0.1) is 11.9 Å². The van der Waals surface area contributed by atoms with Crippen LogP contribution in [0.15, 0.2) is 41.1 Å². The van der Waals surface area contributed by atoms with Crippen molar-refractivity contribution in [2.45, 2.75) is 32.0 Å². The number of nitrogens with zero attached hydrogens (tertiary/aromatic N) is 2. The Bertz CT molecular complexity index is 636. The van der Waals surface area contributed by atoms with Crippen LogP contribution >= 0.6 is 15.9 Å². The number of hydrogen-bond donors (Lipinski definition) is 2. The van der Waals surface area contributed by atoms with E-state index in [1.165, 1.54) is 5.56 Å². The number of amides is 1. The average Bonchev–Trinajstić information content (AvgIpc) is 3.16. The average molecular weight is 349 g/mol. The molecule has 0 saturated heterocycles. The summed E-state index contributed by atoms with van der Waals surface area (Å²) in [7, 11) is 0. The fraction of sp³-hybridized carbons (Fsp3) is 0.333. The fourth-order valence-corrected chi connectivity index (χ4v) is 2.45. The summed E-state index contributed by atoms with van der Waals surface area (Å²) < 4.78 is 2.73. The lowest BCUT2D eigenvalue weighted by Crippen LogP contribution is -2.29. The number of benzene rings is 1. The third kappa shape index (κ3) is 4.07. The van der Waals surface area contributed by atoms with Gasteiger partial charge in [-0.1, -0.05) is 34.1 Å². The summed E-state index contributed by atoms with van der Waals surface area (Å²) in [6.45, 7) is 0.981. The van der Waals surface area contributed by atoms with Gasteiger partial charge >= 0.3 is 0 Å². The SMILES string of the molecule is O=C(Cn1cc(NCc2ccccc2Br)cn1)NC1CC1. The van der Waals surface area contributed by atoms with Crippen molar-refractivity contribution in [2.75, 3.05) is 5.32 Å². The van der Waals surface area contributed by atoms with Crippen molar-refractivity contribution < 1.29 is 4.79 Å². The molecule has 1 saturated carbocycles. The number of nitrogens with one attached hydrogen (secondary N) is 2. The van der Waals surface area contributed by atoms with Crippen LogP contribution < -0.4 is 10.6 Å². The van der Waals surface area contributed by atoms with Crippen LogP contribution in [0.2, 0.25) is 0 Å². The van der Waals surface area contributed by atoms with Gasteiger partial charge in [0.25, 0.3) is 0 Å². The first kappa shape index (κ1) is 14.1. The summed E-state index contributed by atoms with van der Waals surface area (Å²) in [5.74, 6) is 0.0259. The largest absolute Gasteiger partial charge is 0.378 e. The molecule has 21 heavy (non-hydrogen) atoms. The van der Waals surface area contributed by atoms with Gasteiger partial charge in [-0.25, -0.2) is 0 Å². The van der Waals surface area contributed by atoms with E-state index < -0.39 is 0 Å². The molecule has 1 aliphatic rings. The maximum atomic E-state index is 11.7. The van der Waals surface area contributed by atoms with E-state index in [-0.39, 0.29) is 12.5 Å². The maximum absolute atomic E-state index is 11.7. The van der Waals surface area contributed by atoms with Gasteiger partial charge in [0.1, 0.15) is 6.54 Å². The quantitative estimate of drug-likeness (QED) is 0.843. The third-order valence-electron chi connectivity index (χ3n) is 3.32. The van der Waals surface area contributed by atoms with Crippen LogP contribution in [0.25, 0.3) is 0 Å². The van der Waals surface area contributed by atoms with E-state index in [1.54, 1.807) is 10.9 Å². The lowest BCUT2D eigenvalue weighted by Gasteiger charge is -2.06. The molecule has 5 nitrogen and oxygen atoms in total. The highest BCUT2D eigenvalue weighted by Crippen LogP contribution is 2.19. The van der Waals surface area contributed by atoms with Crippen molar-refractivity contribution >= 4 is 27.5 Å². The first-order valence-electron chi connectivity index (χ1n) is 7.00. The molecule has 1 heterocycles. The summed E-state index contributed by atoms with van der Waals surface area (Å²) in [5.41, 5.74) is 2.08. The van der Waals surface area contributed by atoms with Gasteiger partial charge in [-0.2, -0.15) is 5.10 Å². The van der Waals surface area contributed by atoms with Crippen LogP contribution in [-0.4, -0.2) is 21.7 Å². The summed E-state index contributed by atoms with van der Waals surface area (Å²) in [5, 5.41) is 10.5. The van der Waals surface area contributed by atoms with Crippen LogP contribution in [-0.2, 0) is 17.9 Å². The van der Waals surface area contributed by atoms with Gasteiger partial charge in [-0.15, -0.1) is 0 Å². The molecule has 0 unspecified atom stereocenters. The van der Waals surface area contributed by atoms with Gasteiger partial charge in [0.2, 0.25) is 5.91 Å². The normalized spacial score (nSPS) is 14.0. The summed E-state index contributed by atoms with van der Waals surface area (Å²) in [6.07, 6.45) is 5.79. The molecule has 1 fully saturated rings. The third-order valence-corrected chi connectivity index (χ3v) is 4.10. The Morgan fingerprint density at radius 3 is 2.95 bits per heavy atom. The van der Waals surface area contributed by atoms with Gasteiger partial charge in [-0.05, 0) is 24.5 Å². The van der Waals surface area contributed by atoms with Gasteiger partial charge < -0.3 is 10.6 Å². The molecule has 110 valence electrons. The molecule has 3 rings (SSSR count). The van der Waals surface area contributed by atoms with Crippen molar-refractivity contribution in [1.29, 1.82) is 0 Å². The number of anilines is 1. The zero-order valence-electron chi connectivity index (χ0n) is 11.6. The lowest BCUT2D eigenvalue weighted by molar-refractivity contribution is -0.122. The predicted octanol–water partition coefficient (Wildman–Crippen LogP) is 2.54. The second-order valence-corrected chi connectivity index (χ2v) is 6.07. The first-order valence-corrected chi connectivity index (χ1v) is 7.79. The number of aromatic nitrogens is 2. The van der Waals surface area contributed by atoms with Crippen LogP contribution in [0.1, 0.15) is 18.4 Å². The molecule has 2 N–H and O–H groups in total. The number of carbonyl (C=O) groups is 1. The molecule has 2 aromatic rings. The van der Waals surface area contributed by atoms with Gasteiger partial charge in [-0.3, -0.25) is 9.48 Å². The Morgan fingerprint density at radius 2 is 2.19 bits per heavy atom. The molecular weight excluding hydrogens is 332 g/mol. The number of hydrogen-bond acceptors (Lipinski definition) is 3. The highest BCUT2D eigenvalue weighted by Gasteiger charge is 2.23. The molecule has 0 bridgehead atoms. The zero-order chi connectivity index (χ0) is 14.7. The number of carbonyl (C=O) groups excluding carboxylic acids is 1. The minimum atomic E-state index is 0.0259. The smallest absolute Gasteiger partial charge is 0.241 e. The molecular formula is C15H17BrN4O. The van der Waals surface area contributed by atoms with Gasteiger partial charge in [0.15, 0.2) is 0 Å². The monoisotopic (exact) mass is 348 g/mol. The Hall–Kier alpha value is -1.82. The van der Waals surface area contributed by atoms with Crippen molar-refractivity contribution in [1.82, 2.24) is 15.1 Å². The summed E-state index contributed by atoms with van der Waals surface area (Å²) in [4.78, 5) is 11.7.